The van der Waals surface area contributed by atoms with E-state index in [9.17, 15) is 10.3 Å². The van der Waals surface area contributed by atoms with E-state index in [0.717, 1.165) is 26.7 Å². The van der Waals surface area contributed by atoms with Gasteiger partial charge in [-0.05, 0) is 53.1 Å². The number of phenols is 1. The largest absolute Gasteiger partial charge is 0.508 e. The standard InChI is InChI=1S/C19H14BrClN2O2/c20-13-9-16(11-3-7-15(24)8-4-11)18(17(10-13)19(22)23-25)12-1-5-14(21)6-2-12/h1-10,24-25H,(H2,22,23). The summed E-state index contributed by atoms with van der Waals surface area (Å²) in [5, 5.41) is 22.5. The van der Waals surface area contributed by atoms with Gasteiger partial charge >= 0.3 is 0 Å². The van der Waals surface area contributed by atoms with E-state index in [1.165, 1.54) is 0 Å². The van der Waals surface area contributed by atoms with Crippen molar-refractivity contribution in [1.82, 2.24) is 0 Å². The molecule has 0 aromatic heterocycles. The Morgan fingerprint density at radius 3 is 2.16 bits per heavy atom. The number of aromatic hydroxyl groups is 1. The van der Waals surface area contributed by atoms with Gasteiger partial charge in [-0.3, -0.25) is 0 Å². The summed E-state index contributed by atoms with van der Waals surface area (Å²) in [5.74, 6) is 0.190. The molecule has 0 saturated carbocycles. The number of phenolic OH excluding ortho intramolecular Hbond substituents is 1. The number of benzene rings is 3. The second kappa shape index (κ2) is 7.17. The summed E-state index contributed by atoms with van der Waals surface area (Å²) in [6.07, 6.45) is 0. The highest BCUT2D eigenvalue weighted by atomic mass is 79.9. The number of amidine groups is 1. The fourth-order valence-electron chi connectivity index (χ4n) is 2.66. The molecule has 4 N–H and O–H groups in total. The van der Waals surface area contributed by atoms with Crippen molar-refractivity contribution in [2.75, 3.05) is 0 Å². The molecule has 126 valence electrons. The van der Waals surface area contributed by atoms with E-state index < -0.39 is 0 Å². The number of rotatable bonds is 3. The van der Waals surface area contributed by atoms with E-state index in [0.29, 0.717) is 10.6 Å². The molecule has 0 aliphatic heterocycles. The van der Waals surface area contributed by atoms with Gasteiger partial charge in [0.25, 0.3) is 0 Å². The lowest BCUT2D eigenvalue weighted by molar-refractivity contribution is 0.318. The molecule has 0 aliphatic rings. The van der Waals surface area contributed by atoms with Gasteiger partial charge in [0.1, 0.15) is 5.75 Å². The third-order valence-electron chi connectivity index (χ3n) is 3.80. The molecule has 0 saturated heterocycles. The number of nitrogens with zero attached hydrogens (tertiary/aromatic N) is 1. The van der Waals surface area contributed by atoms with Gasteiger partial charge in [-0.2, -0.15) is 0 Å². The average Bonchev–Trinajstić information content (AvgIpc) is 2.62. The van der Waals surface area contributed by atoms with Gasteiger partial charge in [0.2, 0.25) is 0 Å². The summed E-state index contributed by atoms with van der Waals surface area (Å²) in [6, 6.07) is 17.9. The first-order valence-electron chi connectivity index (χ1n) is 7.36. The molecule has 3 rings (SSSR count). The van der Waals surface area contributed by atoms with Crippen LogP contribution >= 0.6 is 27.5 Å². The van der Waals surface area contributed by atoms with Gasteiger partial charge in [0.15, 0.2) is 5.84 Å². The molecule has 0 radical (unpaired) electrons. The maximum Gasteiger partial charge on any atom is 0.170 e. The summed E-state index contributed by atoms with van der Waals surface area (Å²) in [4.78, 5) is 0. The third-order valence-corrected chi connectivity index (χ3v) is 4.51. The van der Waals surface area contributed by atoms with Crippen LogP contribution in [0.3, 0.4) is 0 Å². The van der Waals surface area contributed by atoms with Crippen molar-refractivity contribution in [3.63, 3.8) is 0 Å². The van der Waals surface area contributed by atoms with Crippen LogP contribution in [0.15, 0.2) is 70.3 Å². The molecule has 25 heavy (non-hydrogen) atoms. The fraction of sp³-hybridized carbons (Fsp3) is 0. The maximum atomic E-state index is 9.56. The molecule has 0 amide bonds. The molecule has 4 nitrogen and oxygen atoms in total. The quantitative estimate of drug-likeness (QED) is 0.236. The fourth-order valence-corrected chi connectivity index (χ4v) is 3.24. The number of hydrogen-bond donors (Lipinski definition) is 3. The van der Waals surface area contributed by atoms with Gasteiger partial charge in [-0.1, -0.05) is 57.0 Å². The predicted octanol–water partition coefficient (Wildman–Crippen LogP) is 5.24. The number of oxime groups is 1. The van der Waals surface area contributed by atoms with E-state index in [1.807, 2.05) is 30.3 Å². The van der Waals surface area contributed by atoms with Crippen LogP contribution in [0, 0.1) is 0 Å². The van der Waals surface area contributed by atoms with Gasteiger partial charge in [0.05, 0.1) is 0 Å². The Morgan fingerprint density at radius 1 is 0.960 bits per heavy atom. The molecular formula is C19H14BrClN2O2. The Kier molecular flexibility index (Phi) is 4.97. The van der Waals surface area contributed by atoms with Crippen molar-refractivity contribution >= 4 is 33.4 Å². The zero-order valence-electron chi connectivity index (χ0n) is 12.9. The Bertz CT molecular complexity index is 939. The number of hydrogen-bond acceptors (Lipinski definition) is 3. The smallest absolute Gasteiger partial charge is 0.170 e. The van der Waals surface area contributed by atoms with E-state index in [-0.39, 0.29) is 11.6 Å². The van der Waals surface area contributed by atoms with E-state index in [4.69, 9.17) is 17.3 Å². The highest BCUT2D eigenvalue weighted by molar-refractivity contribution is 9.10. The minimum atomic E-state index is 0.00581. The van der Waals surface area contributed by atoms with Crippen molar-refractivity contribution in [3.8, 4) is 28.0 Å². The Hall–Kier alpha value is -2.50. The molecule has 6 heteroatoms. The first-order valence-corrected chi connectivity index (χ1v) is 8.53. The van der Waals surface area contributed by atoms with Gasteiger partial charge in [0, 0.05) is 20.6 Å². The number of nitrogens with two attached hydrogens (primary N) is 1. The first kappa shape index (κ1) is 17.3. The van der Waals surface area contributed by atoms with Crippen molar-refractivity contribution in [2.24, 2.45) is 10.9 Å². The van der Waals surface area contributed by atoms with Crippen LogP contribution in [0.1, 0.15) is 5.56 Å². The minimum absolute atomic E-state index is 0.00581. The highest BCUT2D eigenvalue weighted by Gasteiger charge is 2.17. The summed E-state index contributed by atoms with van der Waals surface area (Å²) in [6.45, 7) is 0. The molecule has 0 heterocycles. The minimum Gasteiger partial charge on any atom is -0.508 e. The zero-order valence-corrected chi connectivity index (χ0v) is 15.3. The SMILES string of the molecule is N/C(=N\O)c1cc(Br)cc(-c2ccc(O)cc2)c1-c1ccc(Cl)cc1. The predicted molar refractivity (Wildman–Crippen MR) is 104 cm³/mol. The van der Waals surface area contributed by atoms with Crippen molar-refractivity contribution < 1.29 is 10.3 Å². The van der Waals surface area contributed by atoms with Crippen LogP contribution in [0.5, 0.6) is 5.75 Å². The van der Waals surface area contributed by atoms with Crippen LogP contribution < -0.4 is 5.73 Å². The summed E-state index contributed by atoms with van der Waals surface area (Å²) in [7, 11) is 0. The summed E-state index contributed by atoms with van der Waals surface area (Å²) < 4.78 is 0.787. The van der Waals surface area contributed by atoms with Crippen LogP contribution in [-0.4, -0.2) is 16.1 Å². The topological polar surface area (TPSA) is 78.8 Å². The molecular weight excluding hydrogens is 404 g/mol. The molecule has 0 unspecified atom stereocenters. The highest BCUT2D eigenvalue weighted by Crippen LogP contribution is 2.38. The first-order chi connectivity index (χ1) is 12.0. The number of halogens is 2. The van der Waals surface area contributed by atoms with Crippen molar-refractivity contribution in [3.05, 3.63) is 75.7 Å². The van der Waals surface area contributed by atoms with Crippen LogP contribution in [0.2, 0.25) is 5.02 Å². The molecule has 0 atom stereocenters. The molecule has 3 aromatic rings. The third kappa shape index (κ3) is 3.62. The van der Waals surface area contributed by atoms with E-state index in [2.05, 4.69) is 21.1 Å². The normalized spacial score (nSPS) is 11.5. The van der Waals surface area contributed by atoms with Crippen LogP contribution in [0.25, 0.3) is 22.3 Å². The molecule has 0 aliphatic carbocycles. The lowest BCUT2D eigenvalue weighted by Crippen LogP contribution is -2.15. The second-order valence-electron chi connectivity index (χ2n) is 5.41. The molecule has 3 aromatic carbocycles. The molecule has 0 bridgehead atoms. The van der Waals surface area contributed by atoms with E-state index in [1.54, 1.807) is 30.3 Å². The second-order valence-corrected chi connectivity index (χ2v) is 6.77. The maximum absolute atomic E-state index is 9.56. The van der Waals surface area contributed by atoms with Crippen LogP contribution in [-0.2, 0) is 0 Å². The van der Waals surface area contributed by atoms with Crippen molar-refractivity contribution in [1.29, 1.82) is 0 Å². The average molecular weight is 418 g/mol. The van der Waals surface area contributed by atoms with Crippen LogP contribution in [0.4, 0.5) is 0 Å². The molecule has 0 spiro atoms. The lowest BCUT2D eigenvalue weighted by Gasteiger charge is -2.16. The lowest BCUT2D eigenvalue weighted by atomic mass is 9.90. The Morgan fingerprint density at radius 2 is 1.56 bits per heavy atom. The van der Waals surface area contributed by atoms with Gasteiger partial charge < -0.3 is 16.0 Å². The van der Waals surface area contributed by atoms with E-state index >= 15 is 0 Å². The zero-order chi connectivity index (χ0) is 18.0. The van der Waals surface area contributed by atoms with Gasteiger partial charge in [-0.15, -0.1) is 0 Å². The Balaban J connectivity index is 2.35. The monoisotopic (exact) mass is 416 g/mol. The van der Waals surface area contributed by atoms with Gasteiger partial charge in [-0.25, -0.2) is 0 Å². The Labute approximate surface area is 158 Å². The van der Waals surface area contributed by atoms with Crippen molar-refractivity contribution in [2.45, 2.75) is 0 Å². The summed E-state index contributed by atoms with van der Waals surface area (Å²) in [5.41, 5.74) is 9.94. The molecule has 0 fully saturated rings. The summed E-state index contributed by atoms with van der Waals surface area (Å²) >= 11 is 9.48.